The highest BCUT2D eigenvalue weighted by molar-refractivity contribution is 5.71. The number of rotatable bonds is 17. The summed E-state index contributed by atoms with van der Waals surface area (Å²) in [7, 11) is 0. The molecule has 31 heavy (non-hydrogen) atoms. The summed E-state index contributed by atoms with van der Waals surface area (Å²) in [5, 5.41) is 0. The van der Waals surface area contributed by atoms with Crippen LogP contribution in [0.5, 0.6) is 11.5 Å². The molecule has 1 unspecified atom stereocenters. The molecule has 0 saturated carbocycles. The Morgan fingerprint density at radius 3 is 2.29 bits per heavy atom. The number of nitrogens with zero attached hydrogens (tertiary/aromatic N) is 2. The van der Waals surface area contributed by atoms with E-state index in [1.165, 1.54) is 57.8 Å². The summed E-state index contributed by atoms with van der Waals surface area (Å²) in [6.45, 7) is 8.27. The Kier molecular flexibility index (Phi) is 12.7. The molecule has 0 N–H and O–H groups in total. The molecule has 1 atom stereocenters. The molecule has 2 aromatic rings. The standard InChI is InChI=1S/C27H42N2O2/c1-4-6-8-9-10-13-19-30-25-18-12-11-17-24(25)27-26(21-28-22-29-27)31-20-14-16-23(3)15-7-5-2/h11-12,17-18,21-23H,4-10,13-16,19-20H2,1-3H3. The molecule has 1 aromatic heterocycles. The summed E-state index contributed by atoms with van der Waals surface area (Å²) in [5.74, 6) is 2.36. The van der Waals surface area contributed by atoms with Crippen LogP contribution in [0.3, 0.4) is 0 Å². The minimum absolute atomic E-state index is 0.692. The molecule has 0 saturated heterocycles. The van der Waals surface area contributed by atoms with E-state index in [9.17, 15) is 0 Å². The Morgan fingerprint density at radius 2 is 1.45 bits per heavy atom. The zero-order chi connectivity index (χ0) is 22.2. The van der Waals surface area contributed by atoms with Crippen molar-refractivity contribution in [2.75, 3.05) is 13.2 Å². The molecule has 0 aliphatic heterocycles. The van der Waals surface area contributed by atoms with Crippen LogP contribution in [0.1, 0.15) is 91.4 Å². The van der Waals surface area contributed by atoms with Crippen molar-refractivity contribution >= 4 is 0 Å². The summed E-state index contributed by atoms with van der Waals surface area (Å²) in [5.41, 5.74) is 1.79. The van der Waals surface area contributed by atoms with E-state index in [0.717, 1.165) is 48.1 Å². The van der Waals surface area contributed by atoms with Crippen LogP contribution in [0, 0.1) is 5.92 Å². The molecule has 0 radical (unpaired) electrons. The van der Waals surface area contributed by atoms with Crippen molar-refractivity contribution < 1.29 is 9.47 Å². The maximum absolute atomic E-state index is 6.13. The van der Waals surface area contributed by atoms with Crippen LogP contribution >= 0.6 is 0 Å². The topological polar surface area (TPSA) is 44.2 Å². The normalized spacial score (nSPS) is 12.0. The highest BCUT2D eigenvalue weighted by Gasteiger charge is 2.13. The number of hydrogen-bond acceptors (Lipinski definition) is 4. The molecular formula is C27H42N2O2. The molecule has 4 nitrogen and oxygen atoms in total. The Bertz CT molecular complexity index is 720. The minimum Gasteiger partial charge on any atom is -0.493 e. The summed E-state index contributed by atoms with van der Waals surface area (Å²) < 4.78 is 12.2. The van der Waals surface area contributed by atoms with Gasteiger partial charge in [0, 0.05) is 5.56 Å². The van der Waals surface area contributed by atoms with Crippen LogP contribution in [-0.4, -0.2) is 23.2 Å². The third-order valence-corrected chi connectivity index (χ3v) is 5.73. The molecule has 1 aromatic carbocycles. The fourth-order valence-electron chi connectivity index (χ4n) is 3.79. The van der Waals surface area contributed by atoms with Gasteiger partial charge in [0.05, 0.1) is 19.4 Å². The van der Waals surface area contributed by atoms with Crippen molar-refractivity contribution in [2.45, 2.75) is 91.4 Å². The van der Waals surface area contributed by atoms with Gasteiger partial charge in [-0.25, -0.2) is 9.97 Å². The Balaban J connectivity index is 1.89. The van der Waals surface area contributed by atoms with Gasteiger partial charge in [0.25, 0.3) is 0 Å². The van der Waals surface area contributed by atoms with Crippen molar-refractivity contribution in [2.24, 2.45) is 5.92 Å². The molecule has 1 heterocycles. The van der Waals surface area contributed by atoms with E-state index in [1.54, 1.807) is 12.5 Å². The van der Waals surface area contributed by atoms with Gasteiger partial charge in [0.2, 0.25) is 0 Å². The summed E-state index contributed by atoms with van der Waals surface area (Å²) in [6, 6.07) is 8.11. The number of benzene rings is 1. The molecule has 0 aliphatic rings. The van der Waals surface area contributed by atoms with E-state index in [4.69, 9.17) is 9.47 Å². The number of hydrogen-bond donors (Lipinski definition) is 0. The van der Waals surface area contributed by atoms with Gasteiger partial charge in [-0.15, -0.1) is 0 Å². The molecule has 0 fully saturated rings. The number of unbranched alkanes of at least 4 members (excludes halogenated alkanes) is 6. The van der Waals surface area contributed by atoms with E-state index in [-0.39, 0.29) is 0 Å². The lowest BCUT2D eigenvalue weighted by Crippen LogP contribution is -2.04. The van der Waals surface area contributed by atoms with E-state index >= 15 is 0 Å². The van der Waals surface area contributed by atoms with Crippen LogP contribution in [0.25, 0.3) is 11.3 Å². The zero-order valence-electron chi connectivity index (χ0n) is 19.9. The largest absolute Gasteiger partial charge is 0.493 e. The molecule has 0 aliphatic carbocycles. The summed E-state index contributed by atoms with van der Waals surface area (Å²) in [6.07, 6.45) is 17.0. The highest BCUT2D eigenvalue weighted by atomic mass is 16.5. The fraction of sp³-hybridized carbons (Fsp3) is 0.630. The SMILES string of the molecule is CCCCCCCCOc1ccccc1-c1ncncc1OCCCC(C)CCCC. The zero-order valence-corrected chi connectivity index (χ0v) is 19.9. The van der Waals surface area contributed by atoms with E-state index in [2.05, 4.69) is 36.8 Å². The third-order valence-electron chi connectivity index (χ3n) is 5.73. The molecule has 0 amide bonds. The third kappa shape index (κ3) is 9.71. The van der Waals surface area contributed by atoms with Crippen LogP contribution < -0.4 is 9.47 Å². The van der Waals surface area contributed by atoms with Crippen molar-refractivity contribution in [3.63, 3.8) is 0 Å². The molecule has 0 spiro atoms. The Morgan fingerprint density at radius 1 is 0.774 bits per heavy atom. The molecule has 4 heteroatoms. The average molecular weight is 427 g/mol. The lowest BCUT2D eigenvalue weighted by Gasteiger charge is -2.15. The first-order valence-electron chi connectivity index (χ1n) is 12.4. The van der Waals surface area contributed by atoms with Gasteiger partial charge >= 0.3 is 0 Å². The van der Waals surface area contributed by atoms with Gasteiger partial charge in [0.1, 0.15) is 17.8 Å². The predicted octanol–water partition coefficient (Wildman–Crippen LogP) is 7.87. The number of aromatic nitrogens is 2. The van der Waals surface area contributed by atoms with Crippen LogP contribution in [-0.2, 0) is 0 Å². The van der Waals surface area contributed by atoms with Crippen molar-refractivity contribution in [1.82, 2.24) is 9.97 Å². The second kappa shape index (κ2) is 15.7. The average Bonchev–Trinajstić information content (AvgIpc) is 2.80. The van der Waals surface area contributed by atoms with Gasteiger partial charge in [-0.3, -0.25) is 0 Å². The first-order valence-corrected chi connectivity index (χ1v) is 12.4. The smallest absolute Gasteiger partial charge is 0.163 e. The Labute approximate surface area is 189 Å². The second-order valence-corrected chi connectivity index (χ2v) is 8.59. The second-order valence-electron chi connectivity index (χ2n) is 8.59. The fourth-order valence-corrected chi connectivity index (χ4v) is 3.79. The first kappa shape index (κ1) is 25.2. The quantitative estimate of drug-likeness (QED) is 0.241. The Hall–Kier alpha value is -2.10. The minimum atomic E-state index is 0.692. The van der Waals surface area contributed by atoms with E-state index < -0.39 is 0 Å². The summed E-state index contributed by atoms with van der Waals surface area (Å²) >= 11 is 0. The van der Waals surface area contributed by atoms with Crippen LogP contribution in [0.2, 0.25) is 0 Å². The van der Waals surface area contributed by atoms with Crippen molar-refractivity contribution in [3.05, 3.63) is 36.8 Å². The molecule has 2 rings (SSSR count). The van der Waals surface area contributed by atoms with Gasteiger partial charge in [0.15, 0.2) is 5.75 Å². The monoisotopic (exact) mass is 426 g/mol. The predicted molar refractivity (Wildman–Crippen MR) is 130 cm³/mol. The highest BCUT2D eigenvalue weighted by Crippen LogP contribution is 2.34. The van der Waals surface area contributed by atoms with Crippen LogP contribution in [0.4, 0.5) is 0 Å². The van der Waals surface area contributed by atoms with Crippen molar-refractivity contribution in [3.8, 4) is 22.8 Å². The lowest BCUT2D eigenvalue weighted by molar-refractivity contribution is 0.289. The maximum atomic E-state index is 6.13. The van der Waals surface area contributed by atoms with Gasteiger partial charge in [-0.1, -0.05) is 84.3 Å². The van der Waals surface area contributed by atoms with Crippen molar-refractivity contribution in [1.29, 1.82) is 0 Å². The molecule has 0 bridgehead atoms. The van der Waals surface area contributed by atoms with E-state index in [1.807, 2.05) is 18.2 Å². The maximum Gasteiger partial charge on any atom is 0.163 e. The molecule has 172 valence electrons. The van der Waals surface area contributed by atoms with Gasteiger partial charge < -0.3 is 9.47 Å². The van der Waals surface area contributed by atoms with Gasteiger partial charge in [-0.05, 0) is 37.3 Å². The van der Waals surface area contributed by atoms with Crippen LogP contribution in [0.15, 0.2) is 36.8 Å². The number of ether oxygens (including phenoxy) is 2. The first-order chi connectivity index (χ1) is 15.3. The van der Waals surface area contributed by atoms with E-state index in [0.29, 0.717) is 6.61 Å². The lowest BCUT2D eigenvalue weighted by atomic mass is 9.99. The number of para-hydroxylation sites is 1. The summed E-state index contributed by atoms with van der Waals surface area (Å²) in [4.78, 5) is 8.71. The molecular weight excluding hydrogens is 384 g/mol. The van der Waals surface area contributed by atoms with Gasteiger partial charge in [-0.2, -0.15) is 0 Å².